The molecule has 23 heteroatoms. The van der Waals surface area contributed by atoms with Crippen LogP contribution in [0, 0.1) is 20.8 Å². The number of sulfonamides is 2. The van der Waals surface area contributed by atoms with Crippen LogP contribution in [0.25, 0.3) is 22.3 Å². The largest absolute Gasteiger partial charge is 0.471 e. The number of aryl methyl sites for hydroxylation is 3. The van der Waals surface area contributed by atoms with Gasteiger partial charge in [-0.25, -0.2) is 21.6 Å². The Labute approximate surface area is 379 Å². The average Bonchev–Trinajstić information content (AvgIpc) is 3.22. The van der Waals surface area contributed by atoms with E-state index in [2.05, 4.69) is 9.44 Å². The van der Waals surface area contributed by atoms with E-state index in [0.717, 1.165) is 34.8 Å². The lowest BCUT2D eigenvalue weighted by molar-refractivity contribution is -0.247. The van der Waals surface area contributed by atoms with Gasteiger partial charge < -0.3 is 54.9 Å². The Morgan fingerprint density at radius 3 is 1.56 bits per heavy atom. The molecule has 10 atom stereocenters. The second-order valence-corrected chi connectivity index (χ2v) is 19.3. The zero-order valence-corrected chi connectivity index (χ0v) is 37.7. The smallest absolute Gasteiger partial charge is 0.462 e. The second kappa shape index (κ2) is 21.4. The molecule has 66 heavy (non-hydrogen) atoms. The molecule has 9 N–H and O–H groups in total. The normalized spacial score (nSPS) is 25.8. The zero-order valence-electron chi connectivity index (χ0n) is 36.1. The molecule has 0 aliphatic carbocycles. The highest BCUT2D eigenvalue weighted by Crippen LogP contribution is 2.38. The molecule has 1 amide bonds. The Balaban J connectivity index is 0.000000251. The maximum Gasteiger partial charge on any atom is 0.471 e. The minimum absolute atomic E-state index is 0.0584. The van der Waals surface area contributed by atoms with Crippen molar-refractivity contribution in [3.05, 3.63) is 102 Å². The highest BCUT2D eigenvalue weighted by Gasteiger charge is 2.50. The Hall–Kier alpha value is -4.92. The topological polar surface area (TPSA) is 280 Å². The number of anilines is 1. The number of aliphatic hydroxyl groups is 6. The van der Waals surface area contributed by atoms with Crippen molar-refractivity contribution in [1.82, 2.24) is 10.0 Å². The van der Waals surface area contributed by atoms with Crippen LogP contribution in [0.3, 0.4) is 0 Å². The van der Waals surface area contributed by atoms with Gasteiger partial charge in [0.2, 0.25) is 32.6 Å². The molecule has 0 bridgehead atoms. The summed E-state index contributed by atoms with van der Waals surface area (Å²) in [4.78, 5) is 11.6. The third-order valence-corrected chi connectivity index (χ3v) is 11.7. The van der Waals surface area contributed by atoms with Gasteiger partial charge in [-0.3, -0.25) is 9.52 Å². The average molecular weight is 972 g/mol. The maximum atomic E-state index is 12.9. The molecule has 0 radical (unpaired) electrons. The first-order valence-corrected chi connectivity index (χ1v) is 23.9. The van der Waals surface area contributed by atoms with E-state index < -0.39 is 107 Å². The van der Waals surface area contributed by atoms with Gasteiger partial charge in [-0.1, -0.05) is 66.2 Å². The molecule has 0 aromatic heterocycles. The van der Waals surface area contributed by atoms with Crippen molar-refractivity contribution < 1.29 is 84.4 Å². The molecule has 0 saturated carbocycles. The lowest BCUT2D eigenvalue weighted by Gasteiger charge is -2.42. The number of halogens is 3. The van der Waals surface area contributed by atoms with Crippen molar-refractivity contribution in [1.29, 1.82) is 0 Å². The molecule has 2 fully saturated rings. The number of aliphatic hydroxyl groups excluding tert-OH is 6. The summed E-state index contributed by atoms with van der Waals surface area (Å²) in [7, 11) is -7.33. The minimum atomic E-state index is -5.29. The van der Waals surface area contributed by atoms with Gasteiger partial charge in [0.1, 0.15) is 60.2 Å². The number of hydrogen-bond donors (Lipinski definition) is 9. The first-order valence-electron chi connectivity index (χ1n) is 20.1. The third kappa shape index (κ3) is 13.2. The van der Waals surface area contributed by atoms with Crippen LogP contribution in [-0.4, -0.2) is 147 Å². The van der Waals surface area contributed by atoms with E-state index in [1.807, 2.05) is 44.2 Å². The molecular formula is C43H52F3N3O15S2. The quantitative estimate of drug-likeness (QED) is 0.0921. The van der Waals surface area contributed by atoms with E-state index in [0.29, 0.717) is 22.4 Å². The molecule has 18 nitrogen and oxygen atoms in total. The monoisotopic (exact) mass is 971 g/mol. The van der Waals surface area contributed by atoms with Crippen LogP contribution in [-0.2, 0) is 34.3 Å². The van der Waals surface area contributed by atoms with Crippen LogP contribution in [0.2, 0.25) is 0 Å². The summed E-state index contributed by atoms with van der Waals surface area (Å²) < 4.78 is 113. The molecule has 4 aromatic carbocycles. The van der Waals surface area contributed by atoms with Crippen molar-refractivity contribution >= 4 is 31.6 Å². The summed E-state index contributed by atoms with van der Waals surface area (Å²) in [5.41, 5.74) is 5.46. The maximum absolute atomic E-state index is 12.9. The van der Waals surface area contributed by atoms with Gasteiger partial charge in [-0.05, 0) is 67.3 Å². The highest BCUT2D eigenvalue weighted by molar-refractivity contribution is 7.92. The zero-order chi connectivity index (χ0) is 48.9. The molecule has 0 spiro atoms. The number of nitrogens with one attached hydrogen (secondary N) is 3. The first-order chi connectivity index (χ1) is 30.8. The molecule has 2 saturated heterocycles. The van der Waals surface area contributed by atoms with Crippen molar-refractivity contribution in [2.24, 2.45) is 0 Å². The summed E-state index contributed by atoms with van der Waals surface area (Å²) in [5, 5.41) is 61.8. The number of carbonyl (C=O) groups is 1. The number of ether oxygens (including phenoxy) is 4. The van der Waals surface area contributed by atoms with Crippen LogP contribution < -0.4 is 24.2 Å². The van der Waals surface area contributed by atoms with Crippen molar-refractivity contribution in [3.63, 3.8) is 0 Å². The van der Waals surface area contributed by atoms with E-state index in [1.54, 1.807) is 48.6 Å². The molecule has 2 aliphatic heterocycles. The highest BCUT2D eigenvalue weighted by atomic mass is 32.2. The Morgan fingerprint density at radius 2 is 1.11 bits per heavy atom. The van der Waals surface area contributed by atoms with Gasteiger partial charge >= 0.3 is 12.1 Å². The Morgan fingerprint density at radius 1 is 0.652 bits per heavy atom. The predicted octanol–water partition coefficient (Wildman–Crippen LogP) is 1.60. The standard InChI is InChI=1S/C22H25F3N2O8S.C21H27NO7S/c1-11-5-3-8-14(16(11)12-6-4-7-13(9-12)27-36(2,32)33)34-20-17(26-21(31)22(23,24)25)19(30)18(29)15(10-28)35-20;1-12-6-4-8-14(10-12)17-13(2)7-5-9-15(17)28-21-18(22-30(3,26)27)20(25)19(24)16(11-23)29-21/h3-9,15,17-20,27-30H,10H2,1-2H3,(H,26,31);4-10,16,18-25H,11H2,1-3H3/t15?,17?,18-,19+,20+;16?,18?,19-,20+,21+/m00/s1. The van der Waals surface area contributed by atoms with Gasteiger partial charge in [0, 0.05) is 16.8 Å². The SMILES string of the molecule is Cc1cccc(-c2c(C)cccc2O[C@@H]2OC(CO)[C@H](O)[C@H](O)C2NS(C)(=O)=O)c1.Cc1cccc(O[C@@H]2OC(CO)[C@H](O)[C@H](O)C2NC(=O)C(F)(F)F)c1-c1cccc(NS(C)(=O)=O)c1. The van der Waals surface area contributed by atoms with Crippen LogP contribution in [0.4, 0.5) is 18.9 Å². The molecule has 6 rings (SSSR count). The van der Waals surface area contributed by atoms with Crippen LogP contribution in [0.1, 0.15) is 16.7 Å². The number of hydrogen-bond acceptors (Lipinski definition) is 15. The lowest BCUT2D eigenvalue weighted by Crippen LogP contribution is -2.66. The van der Waals surface area contributed by atoms with Crippen molar-refractivity contribution in [2.45, 2.75) is 88.2 Å². The van der Waals surface area contributed by atoms with Crippen LogP contribution in [0.5, 0.6) is 11.5 Å². The number of rotatable bonds is 13. The third-order valence-electron chi connectivity index (χ3n) is 10.4. The van der Waals surface area contributed by atoms with Crippen LogP contribution in [0.15, 0.2) is 84.9 Å². The summed E-state index contributed by atoms with van der Waals surface area (Å²) in [6, 6.07) is 21.1. The molecular weight excluding hydrogens is 920 g/mol. The Bertz CT molecular complexity index is 2550. The fraction of sp³-hybridized carbons (Fsp3) is 0.419. The fourth-order valence-corrected chi connectivity index (χ4v) is 8.65. The molecule has 362 valence electrons. The molecule has 2 aliphatic rings. The van der Waals surface area contributed by atoms with Gasteiger partial charge in [0.05, 0.1) is 25.7 Å². The molecule has 4 unspecified atom stereocenters. The second-order valence-electron chi connectivity index (χ2n) is 15.8. The van der Waals surface area contributed by atoms with Crippen molar-refractivity contribution in [3.8, 4) is 33.8 Å². The fourth-order valence-electron chi connectivity index (χ4n) is 7.35. The van der Waals surface area contributed by atoms with E-state index in [4.69, 9.17) is 18.9 Å². The first kappa shape index (κ1) is 52.1. The summed E-state index contributed by atoms with van der Waals surface area (Å²) >= 11 is 0. The van der Waals surface area contributed by atoms with Crippen molar-refractivity contribution in [2.75, 3.05) is 30.4 Å². The van der Waals surface area contributed by atoms with Gasteiger partial charge in [-0.15, -0.1) is 0 Å². The lowest BCUT2D eigenvalue weighted by atomic mass is 9.96. The van der Waals surface area contributed by atoms with E-state index in [9.17, 15) is 65.4 Å². The van der Waals surface area contributed by atoms with Gasteiger partial charge in [0.25, 0.3) is 0 Å². The summed E-state index contributed by atoms with van der Waals surface area (Å²) in [6.07, 6.45) is -15.7. The number of benzene rings is 4. The van der Waals surface area contributed by atoms with Gasteiger partial charge in [0.15, 0.2) is 0 Å². The van der Waals surface area contributed by atoms with Crippen LogP contribution >= 0.6 is 0 Å². The summed E-state index contributed by atoms with van der Waals surface area (Å²) in [5.74, 6) is -1.91. The number of amides is 1. The predicted molar refractivity (Wildman–Crippen MR) is 233 cm³/mol. The van der Waals surface area contributed by atoms with E-state index >= 15 is 0 Å². The number of alkyl halides is 3. The van der Waals surface area contributed by atoms with Gasteiger partial charge in [-0.2, -0.15) is 13.2 Å². The van der Waals surface area contributed by atoms with E-state index in [-0.39, 0.29) is 11.4 Å². The number of carbonyl (C=O) groups excluding carboxylic acids is 1. The molecule has 4 aromatic rings. The Kier molecular flexibility index (Phi) is 16.8. The molecule has 2 heterocycles. The van der Waals surface area contributed by atoms with E-state index in [1.165, 1.54) is 18.2 Å². The minimum Gasteiger partial charge on any atom is -0.462 e. The summed E-state index contributed by atoms with van der Waals surface area (Å²) in [6.45, 7) is 4.24.